The van der Waals surface area contributed by atoms with E-state index < -0.39 is 0 Å². The lowest BCUT2D eigenvalue weighted by Gasteiger charge is -2.27. The van der Waals surface area contributed by atoms with Gasteiger partial charge in [0.2, 0.25) is 0 Å². The molecule has 4 rings (SSSR count). The van der Waals surface area contributed by atoms with E-state index in [2.05, 4.69) is 26.9 Å². The number of anilines is 1. The van der Waals surface area contributed by atoms with Crippen LogP contribution in [0.4, 0.5) is 10.1 Å². The number of nitrogens with zero attached hydrogens (tertiary/aromatic N) is 2. The fraction of sp³-hybridized carbons (Fsp3) is 0.148. The number of nitrogens with one attached hydrogen (secondary N) is 1. The van der Waals surface area contributed by atoms with Crippen LogP contribution in [0.5, 0.6) is 5.75 Å². The van der Waals surface area contributed by atoms with Crippen molar-refractivity contribution in [3.63, 3.8) is 0 Å². The van der Waals surface area contributed by atoms with Gasteiger partial charge < -0.3 is 19.5 Å². The molecular formula is C27H24Cl2FN3OS. The van der Waals surface area contributed by atoms with E-state index in [1.54, 1.807) is 31.4 Å². The van der Waals surface area contributed by atoms with Gasteiger partial charge in [0.15, 0.2) is 5.11 Å². The zero-order chi connectivity index (χ0) is 24.8. The van der Waals surface area contributed by atoms with Crippen LogP contribution in [0.1, 0.15) is 16.8 Å². The third kappa shape index (κ3) is 6.54. The number of thiocarbonyl (C=S) groups is 1. The van der Waals surface area contributed by atoms with E-state index >= 15 is 0 Å². The number of rotatable bonds is 8. The van der Waals surface area contributed by atoms with Crippen molar-refractivity contribution in [1.82, 2.24) is 9.47 Å². The van der Waals surface area contributed by atoms with Crippen LogP contribution in [0.25, 0.3) is 0 Å². The Morgan fingerprint density at radius 3 is 2.54 bits per heavy atom. The van der Waals surface area contributed by atoms with Crippen molar-refractivity contribution in [2.45, 2.75) is 19.6 Å². The lowest BCUT2D eigenvalue weighted by Crippen LogP contribution is -2.34. The van der Waals surface area contributed by atoms with Gasteiger partial charge in [0.05, 0.1) is 19.3 Å². The van der Waals surface area contributed by atoms with Gasteiger partial charge in [0, 0.05) is 35.0 Å². The summed E-state index contributed by atoms with van der Waals surface area (Å²) in [5, 5.41) is 4.80. The van der Waals surface area contributed by atoms with Crippen LogP contribution in [0, 0.1) is 5.82 Å². The highest BCUT2D eigenvalue weighted by atomic mass is 35.5. The van der Waals surface area contributed by atoms with Crippen LogP contribution in [0.2, 0.25) is 10.0 Å². The third-order valence-electron chi connectivity index (χ3n) is 5.54. The highest BCUT2D eigenvalue weighted by Gasteiger charge is 2.16. The van der Waals surface area contributed by atoms with Gasteiger partial charge in [-0.15, -0.1) is 0 Å². The van der Waals surface area contributed by atoms with Gasteiger partial charge in [-0.3, -0.25) is 0 Å². The standard InChI is InChI=1S/C27H24Cl2FN3OS/c1-34-26-12-10-21(28)14-25(26)31-27(35)33(16-19-6-3-2-4-7-19)18-23-8-5-13-32(23)17-20-9-11-22(30)15-24(20)29/h2-15H,16-18H2,1H3,(H,31,35). The molecule has 0 saturated carbocycles. The molecule has 180 valence electrons. The summed E-state index contributed by atoms with van der Waals surface area (Å²) in [6.07, 6.45) is 1.98. The van der Waals surface area contributed by atoms with E-state index in [1.165, 1.54) is 12.1 Å². The first kappa shape index (κ1) is 25.0. The molecule has 0 radical (unpaired) electrons. The Hall–Kier alpha value is -3.06. The predicted octanol–water partition coefficient (Wildman–Crippen LogP) is 7.39. The maximum Gasteiger partial charge on any atom is 0.174 e. The van der Waals surface area contributed by atoms with Crippen LogP contribution >= 0.6 is 35.4 Å². The second-order valence-corrected chi connectivity index (χ2v) is 9.21. The molecule has 3 aromatic carbocycles. The molecule has 0 bridgehead atoms. The van der Waals surface area contributed by atoms with Crippen molar-refractivity contribution in [3.8, 4) is 5.75 Å². The van der Waals surface area contributed by atoms with Crippen molar-refractivity contribution in [2.75, 3.05) is 12.4 Å². The normalized spacial score (nSPS) is 10.7. The highest BCUT2D eigenvalue weighted by Crippen LogP contribution is 2.28. The van der Waals surface area contributed by atoms with Crippen LogP contribution in [0.3, 0.4) is 0 Å². The number of benzene rings is 3. The molecule has 0 fully saturated rings. The summed E-state index contributed by atoms with van der Waals surface area (Å²) >= 11 is 18.3. The molecule has 0 amide bonds. The average molecular weight is 528 g/mol. The lowest BCUT2D eigenvalue weighted by atomic mass is 10.2. The molecule has 0 saturated heterocycles. The molecule has 1 N–H and O–H groups in total. The maximum atomic E-state index is 13.5. The topological polar surface area (TPSA) is 29.4 Å². The molecule has 4 nitrogen and oxygen atoms in total. The van der Waals surface area contributed by atoms with Crippen molar-refractivity contribution in [1.29, 1.82) is 0 Å². The molecule has 8 heteroatoms. The summed E-state index contributed by atoms with van der Waals surface area (Å²) in [4.78, 5) is 2.07. The first-order valence-electron chi connectivity index (χ1n) is 10.9. The molecule has 4 aromatic rings. The minimum atomic E-state index is -0.353. The molecular weight excluding hydrogens is 504 g/mol. The lowest BCUT2D eigenvalue weighted by molar-refractivity contribution is 0.398. The molecule has 35 heavy (non-hydrogen) atoms. The van der Waals surface area contributed by atoms with Crippen molar-refractivity contribution < 1.29 is 9.13 Å². The van der Waals surface area contributed by atoms with Crippen LogP contribution in [-0.4, -0.2) is 21.7 Å². The van der Waals surface area contributed by atoms with E-state index in [9.17, 15) is 4.39 Å². The average Bonchev–Trinajstić information content (AvgIpc) is 3.28. The number of halogens is 3. The summed E-state index contributed by atoms with van der Waals surface area (Å²) < 4.78 is 21.0. The van der Waals surface area contributed by atoms with Gasteiger partial charge in [0.25, 0.3) is 0 Å². The van der Waals surface area contributed by atoms with Crippen molar-refractivity contribution >= 4 is 46.2 Å². The molecule has 0 aliphatic heterocycles. The SMILES string of the molecule is COc1ccc(Cl)cc1NC(=S)N(Cc1ccccc1)Cc1cccn1Cc1ccc(F)cc1Cl. The van der Waals surface area contributed by atoms with E-state index in [4.69, 9.17) is 40.2 Å². The first-order chi connectivity index (χ1) is 16.9. The molecule has 0 atom stereocenters. The Bertz CT molecular complexity index is 1310. The van der Waals surface area contributed by atoms with Crippen molar-refractivity contribution in [2.24, 2.45) is 0 Å². The molecule has 0 unspecified atom stereocenters. The number of hydrogen-bond donors (Lipinski definition) is 1. The Balaban J connectivity index is 1.59. The van der Waals surface area contributed by atoms with E-state index in [1.807, 2.05) is 36.5 Å². The van der Waals surface area contributed by atoms with Crippen molar-refractivity contribution in [3.05, 3.63) is 118 Å². The Morgan fingerprint density at radius 1 is 1.00 bits per heavy atom. The fourth-order valence-electron chi connectivity index (χ4n) is 3.75. The van der Waals surface area contributed by atoms with Crippen LogP contribution < -0.4 is 10.1 Å². The number of aromatic nitrogens is 1. The molecule has 0 spiro atoms. The fourth-order valence-corrected chi connectivity index (χ4v) is 4.39. The second-order valence-electron chi connectivity index (χ2n) is 7.98. The van der Waals surface area contributed by atoms with Gasteiger partial charge in [-0.05, 0) is 65.8 Å². The number of ether oxygens (including phenoxy) is 1. The van der Waals surface area contributed by atoms with E-state index in [0.29, 0.717) is 46.2 Å². The highest BCUT2D eigenvalue weighted by molar-refractivity contribution is 7.80. The second kappa shape index (κ2) is 11.6. The van der Waals surface area contributed by atoms with Crippen LogP contribution in [0.15, 0.2) is 85.1 Å². The summed E-state index contributed by atoms with van der Waals surface area (Å²) in [7, 11) is 1.60. The Labute approximate surface area is 219 Å². The molecule has 0 aliphatic rings. The van der Waals surface area contributed by atoms with Gasteiger partial charge in [-0.2, -0.15) is 0 Å². The quantitative estimate of drug-likeness (QED) is 0.242. The number of hydrogen-bond acceptors (Lipinski definition) is 2. The molecule has 0 aliphatic carbocycles. The van der Waals surface area contributed by atoms with Crippen LogP contribution in [-0.2, 0) is 19.6 Å². The summed E-state index contributed by atoms with van der Waals surface area (Å²) in [5.41, 5.74) is 3.68. The summed E-state index contributed by atoms with van der Waals surface area (Å²) in [6, 6.07) is 23.9. The Kier molecular flexibility index (Phi) is 8.29. The van der Waals surface area contributed by atoms with Gasteiger partial charge in [-0.25, -0.2) is 4.39 Å². The zero-order valence-electron chi connectivity index (χ0n) is 19.0. The minimum absolute atomic E-state index is 0.353. The smallest absolute Gasteiger partial charge is 0.174 e. The predicted molar refractivity (Wildman–Crippen MR) is 145 cm³/mol. The third-order valence-corrected chi connectivity index (χ3v) is 6.49. The Morgan fingerprint density at radius 2 is 1.80 bits per heavy atom. The van der Waals surface area contributed by atoms with Gasteiger partial charge in [0.1, 0.15) is 11.6 Å². The first-order valence-corrected chi connectivity index (χ1v) is 12.1. The van der Waals surface area contributed by atoms with Gasteiger partial charge >= 0.3 is 0 Å². The number of methoxy groups -OCH3 is 1. The zero-order valence-corrected chi connectivity index (χ0v) is 21.4. The van der Waals surface area contributed by atoms with E-state index in [-0.39, 0.29) is 5.82 Å². The summed E-state index contributed by atoms with van der Waals surface area (Å²) in [5.74, 6) is 0.291. The molecule has 1 heterocycles. The monoisotopic (exact) mass is 527 g/mol. The van der Waals surface area contributed by atoms with E-state index in [0.717, 1.165) is 16.8 Å². The summed E-state index contributed by atoms with van der Waals surface area (Å²) in [6.45, 7) is 1.65. The molecule has 1 aromatic heterocycles. The largest absolute Gasteiger partial charge is 0.495 e. The maximum absolute atomic E-state index is 13.5. The minimum Gasteiger partial charge on any atom is -0.495 e. The van der Waals surface area contributed by atoms with Gasteiger partial charge in [-0.1, -0.05) is 59.6 Å².